The Hall–Kier alpha value is -1.99. The fourth-order valence-corrected chi connectivity index (χ4v) is 4.38. The molecule has 1 aromatic rings. The number of halogens is 1. The Morgan fingerprint density at radius 2 is 1.86 bits per heavy atom. The smallest absolute Gasteiger partial charge is 0.279 e. The number of carbonyl (C=O) groups excluding carboxylic acids is 2. The van der Waals surface area contributed by atoms with E-state index in [2.05, 4.69) is 17.1 Å². The highest BCUT2D eigenvalue weighted by molar-refractivity contribution is 5.91. The number of hydrogen-bond acceptors (Lipinski definition) is 2. The summed E-state index contributed by atoms with van der Waals surface area (Å²) in [6.07, 6.45) is 4.53. The van der Waals surface area contributed by atoms with Crippen molar-refractivity contribution in [1.29, 1.82) is 0 Å². The van der Waals surface area contributed by atoms with Gasteiger partial charge in [-0.25, -0.2) is 4.39 Å². The first-order valence-corrected chi connectivity index (χ1v) is 10.6. The predicted octanol–water partition coefficient (Wildman–Crippen LogP) is -0.661. The number of benzene rings is 1. The minimum Gasteiger partial charge on any atom is -0.335 e. The number of quaternary nitrogens is 2. The number of nitrogens with one attached hydrogen (secondary N) is 3. The Labute approximate surface area is 166 Å². The molecule has 0 aromatic heterocycles. The minimum atomic E-state index is -0.356. The topological polar surface area (TPSA) is 58.3 Å². The van der Waals surface area contributed by atoms with Crippen molar-refractivity contribution in [2.24, 2.45) is 0 Å². The molecule has 1 atom stereocenters. The Kier molecular flexibility index (Phi) is 7.39. The molecule has 0 radical (unpaired) electrons. The molecule has 0 saturated carbocycles. The summed E-state index contributed by atoms with van der Waals surface area (Å²) in [6, 6.07) is 6.37. The van der Waals surface area contributed by atoms with E-state index in [0.717, 1.165) is 52.0 Å². The summed E-state index contributed by atoms with van der Waals surface area (Å²) in [7, 11) is 0. The summed E-state index contributed by atoms with van der Waals surface area (Å²) >= 11 is 0. The molecule has 2 saturated heterocycles. The first kappa shape index (κ1) is 20.7. The molecule has 2 heterocycles. The van der Waals surface area contributed by atoms with Crippen LogP contribution in [0.25, 0.3) is 0 Å². The fraction of sp³-hybridized carbons (Fsp3) is 0.619. The maximum absolute atomic E-state index is 13.2. The van der Waals surface area contributed by atoms with Gasteiger partial charge in [-0.2, -0.15) is 0 Å². The van der Waals surface area contributed by atoms with E-state index in [1.54, 1.807) is 12.1 Å². The third-order valence-corrected chi connectivity index (χ3v) is 6.00. The van der Waals surface area contributed by atoms with Crippen molar-refractivity contribution in [2.75, 3.05) is 51.1 Å². The molecule has 3 N–H and O–H groups in total. The van der Waals surface area contributed by atoms with Gasteiger partial charge in [0.1, 0.15) is 32.0 Å². The predicted molar refractivity (Wildman–Crippen MR) is 106 cm³/mol. The zero-order valence-electron chi connectivity index (χ0n) is 16.8. The van der Waals surface area contributed by atoms with Crippen LogP contribution in [-0.2, 0) is 9.59 Å². The number of anilines is 1. The Morgan fingerprint density at radius 1 is 1.14 bits per heavy atom. The second-order valence-corrected chi connectivity index (χ2v) is 8.06. The summed E-state index contributed by atoms with van der Waals surface area (Å²) in [5.74, 6) is -0.167. The van der Waals surface area contributed by atoms with Gasteiger partial charge in [0, 0.05) is 18.3 Å². The van der Waals surface area contributed by atoms with E-state index in [9.17, 15) is 14.0 Å². The maximum atomic E-state index is 13.2. The lowest BCUT2D eigenvalue weighted by Crippen LogP contribution is -3.28. The monoisotopic (exact) mass is 392 g/mol. The van der Waals surface area contributed by atoms with Crippen LogP contribution in [0, 0.1) is 5.82 Å². The van der Waals surface area contributed by atoms with Gasteiger partial charge in [-0.15, -0.1) is 0 Å². The van der Waals surface area contributed by atoms with Gasteiger partial charge in [0.2, 0.25) is 0 Å². The van der Waals surface area contributed by atoms with E-state index >= 15 is 0 Å². The lowest BCUT2D eigenvalue weighted by molar-refractivity contribution is -1.00. The van der Waals surface area contributed by atoms with Gasteiger partial charge < -0.3 is 20.0 Å². The number of hydrogen-bond donors (Lipinski definition) is 3. The average molecular weight is 393 g/mol. The Bertz CT molecular complexity index is 676. The van der Waals surface area contributed by atoms with Crippen LogP contribution in [0.3, 0.4) is 0 Å². The number of rotatable bonds is 6. The van der Waals surface area contributed by atoms with Crippen LogP contribution in [0.2, 0.25) is 0 Å². The van der Waals surface area contributed by atoms with Gasteiger partial charge in [0.15, 0.2) is 13.1 Å². The zero-order valence-corrected chi connectivity index (χ0v) is 16.8. The molecule has 2 amide bonds. The molecular formula is C21H33FN4O2+2. The second kappa shape index (κ2) is 9.98. The second-order valence-electron chi connectivity index (χ2n) is 8.06. The first-order valence-electron chi connectivity index (χ1n) is 10.6. The number of likely N-dealkylation sites (tertiary alicyclic amines) is 1. The SMILES string of the molecule is CC[C@H]1CCCCN1C(=O)C[NH+]1CC[NH+](CC(=O)Nc2cccc(F)c2)CC1. The van der Waals surface area contributed by atoms with Gasteiger partial charge in [0.05, 0.1) is 0 Å². The van der Waals surface area contributed by atoms with E-state index in [-0.39, 0.29) is 17.6 Å². The maximum Gasteiger partial charge on any atom is 0.279 e. The highest BCUT2D eigenvalue weighted by Crippen LogP contribution is 2.19. The standard InChI is InChI=1S/C21H31FN4O2/c1-2-19-8-3-4-9-26(19)21(28)16-25-12-10-24(11-13-25)15-20(27)23-18-7-5-6-17(22)14-18/h5-7,14,19H,2-4,8-13,15-16H2,1H3,(H,23,27)/p+2/t19-/m0/s1. The highest BCUT2D eigenvalue weighted by Gasteiger charge is 2.31. The van der Waals surface area contributed by atoms with Crippen molar-refractivity contribution in [3.8, 4) is 0 Å². The lowest BCUT2D eigenvalue weighted by atomic mass is 10.00. The molecule has 0 spiro atoms. The van der Waals surface area contributed by atoms with E-state index in [1.165, 1.54) is 28.4 Å². The average Bonchev–Trinajstić information content (AvgIpc) is 2.69. The molecule has 0 bridgehead atoms. The van der Waals surface area contributed by atoms with Crippen LogP contribution < -0.4 is 15.1 Å². The highest BCUT2D eigenvalue weighted by atomic mass is 19.1. The van der Waals surface area contributed by atoms with Gasteiger partial charge in [0.25, 0.3) is 11.8 Å². The number of piperazine rings is 1. The molecule has 1 aromatic carbocycles. The number of amides is 2. The number of carbonyl (C=O) groups is 2. The number of piperidine rings is 1. The fourth-order valence-electron chi connectivity index (χ4n) is 4.38. The third kappa shape index (κ3) is 5.75. The molecule has 0 aliphatic carbocycles. The van der Waals surface area contributed by atoms with E-state index in [4.69, 9.17) is 0 Å². The molecule has 7 heteroatoms. The van der Waals surface area contributed by atoms with E-state index in [0.29, 0.717) is 24.8 Å². The minimum absolute atomic E-state index is 0.0979. The molecule has 0 unspecified atom stereocenters. The van der Waals surface area contributed by atoms with Crippen LogP contribution in [0.15, 0.2) is 24.3 Å². The van der Waals surface area contributed by atoms with Crippen molar-refractivity contribution in [1.82, 2.24) is 4.90 Å². The van der Waals surface area contributed by atoms with Crippen LogP contribution >= 0.6 is 0 Å². The van der Waals surface area contributed by atoms with E-state index in [1.807, 2.05) is 0 Å². The molecule has 6 nitrogen and oxygen atoms in total. The van der Waals surface area contributed by atoms with Crippen molar-refractivity contribution in [2.45, 2.75) is 38.6 Å². The zero-order chi connectivity index (χ0) is 19.9. The van der Waals surface area contributed by atoms with Crippen molar-refractivity contribution in [3.05, 3.63) is 30.1 Å². The summed E-state index contributed by atoms with van der Waals surface area (Å²) in [5.41, 5.74) is 0.492. The number of nitrogens with zero attached hydrogens (tertiary/aromatic N) is 1. The molecule has 28 heavy (non-hydrogen) atoms. The van der Waals surface area contributed by atoms with Gasteiger partial charge in [-0.1, -0.05) is 13.0 Å². The van der Waals surface area contributed by atoms with E-state index < -0.39 is 0 Å². The molecule has 154 valence electrons. The van der Waals surface area contributed by atoms with Crippen LogP contribution in [-0.4, -0.2) is 68.6 Å². The molecular weight excluding hydrogens is 359 g/mol. The van der Waals surface area contributed by atoms with Gasteiger partial charge in [-0.3, -0.25) is 9.59 Å². The quantitative estimate of drug-likeness (QED) is 0.602. The molecule has 2 aliphatic rings. The normalized spacial score (nSPS) is 25.4. The van der Waals surface area contributed by atoms with Gasteiger partial charge >= 0.3 is 0 Å². The van der Waals surface area contributed by atoms with Crippen LogP contribution in [0.1, 0.15) is 32.6 Å². The van der Waals surface area contributed by atoms with Crippen molar-refractivity contribution < 1.29 is 23.8 Å². The Balaban J connectivity index is 1.40. The summed E-state index contributed by atoms with van der Waals surface area (Å²) in [4.78, 5) is 29.6. The van der Waals surface area contributed by atoms with Gasteiger partial charge in [-0.05, 0) is 43.9 Å². The van der Waals surface area contributed by atoms with Crippen molar-refractivity contribution in [3.63, 3.8) is 0 Å². The first-order chi connectivity index (χ1) is 13.5. The van der Waals surface area contributed by atoms with Crippen LogP contribution in [0.5, 0.6) is 0 Å². The molecule has 2 aliphatic heterocycles. The summed E-state index contributed by atoms with van der Waals surface area (Å²) in [6.45, 7) is 7.56. The Morgan fingerprint density at radius 3 is 2.54 bits per heavy atom. The molecule has 3 rings (SSSR count). The van der Waals surface area contributed by atoms with Crippen molar-refractivity contribution >= 4 is 17.5 Å². The summed E-state index contributed by atoms with van der Waals surface area (Å²) in [5, 5.41) is 2.76. The van der Waals surface area contributed by atoms with Crippen LogP contribution in [0.4, 0.5) is 10.1 Å². The third-order valence-electron chi connectivity index (χ3n) is 6.00. The lowest BCUT2D eigenvalue weighted by Gasteiger charge is -2.36. The summed E-state index contributed by atoms with van der Waals surface area (Å²) < 4.78 is 13.2. The largest absolute Gasteiger partial charge is 0.335 e. The molecule has 2 fully saturated rings.